The van der Waals surface area contributed by atoms with Crippen LogP contribution in [0.15, 0.2) is 42.5 Å². The predicted octanol–water partition coefficient (Wildman–Crippen LogP) is 5.22. The lowest BCUT2D eigenvalue weighted by Gasteiger charge is -2.36. The summed E-state index contributed by atoms with van der Waals surface area (Å²) in [7, 11) is 0. The van der Waals surface area contributed by atoms with Gasteiger partial charge in [0.05, 0.1) is 0 Å². The number of ether oxygens (including phenoxy) is 1. The van der Waals surface area contributed by atoms with Gasteiger partial charge < -0.3 is 15.0 Å². The Balaban J connectivity index is 1.60. The van der Waals surface area contributed by atoms with Crippen molar-refractivity contribution in [2.24, 2.45) is 0 Å². The average molecular weight is 492 g/mol. The molecule has 1 N–H and O–H groups in total. The fourth-order valence-corrected chi connectivity index (χ4v) is 5.33. The number of hydrogen-bond donors (Lipinski definition) is 1. The number of fused-ring (bicyclic) bond motifs is 1. The maximum absolute atomic E-state index is 13.1. The van der Waals surface area contributed by atoms with E-state index in [0.29, 0.717) is 18.2 Å². The quantitative estimate of drug-likeness (QED) is 0.637. The van der Waals surface area contributed by atoms with Gasteiger partial charge >= 0.3 is 0 Å². The van der Waals surface area contributed by atoms with Crippen molar-refractivity contribution in [2.75, 3.05) is 31.2 Å². The SMILES string of the molecule is CC(=O)N1CCCCCCCN(C2CCOCC2)Cc2cc(C(=O)NCc3ccc(C)cc3)ccc21. The van der Waals surface area contributed by atoms with Gasteiger partial charge in [-0.1, -0.05) is 49.1 Å². The number of amides is 2. The van der Waals surface area contributed by atoms with Crippen molar-refractivity contribution in [2.45, 2.75) is 77.9 Å². The summed E-state index contributed by atoms with van der Waals surface area (Å²) in [5.74, 6) is -0.0287. The fourth-order valence-electron chi connectivity index (χ4n) is 5.33. The van der Waals surface area contributed by atoms with E-state index < -0.39 is 0 Å². The van der Waals surface area contributed by atoms with Gasteiger partial charge in [0.15, 0.2) is 0 Å². The summed E-state index contributed by atoms with van der Waals surface area (Å²) in [6, 6.07) is 14.5. The Labute approximate surface area is 216 Å². The van der Waals surface area contributed by atoms with Gasteiger partial charge in [0.2, 0.25) is 5.91 Å². The summed E-state index contributed by atoms with van der Waals surface area (Å²) in [6.45, 7) is 8.29. The highest BCUT2D eigenvalue weighted by Crippen LogP contribution is 2.28. The maximum Gasteiger partial charge on any atom is 0.251 e. The largest absolute Gasteiger partial charge is 0.381 e. The number of carbonyl (C=O) groups excluding carboxylic acids is 2. The molecule has 2 amide bonds. The number of nitrogens with zero attached hydrogens (tertiary/aromatic N) is 2. The van der Waals surface area contributed by atoms with Crippen molar-refractivity contribution >= 4 is 17.5 Å². The molecule has 6 heteroatoms. The lowest BCUT2D eigenvalue weighted by atomic mass is 10.0. The first-order valence-electron chi connectivity index (χ1n) is 13.6. The highest BCUT2D eigenvalue weighted by atomic mass is 16.5. The maximum atomic E-state index is 13.1. The number of carbonyl (C=O) groups is 2. The first-order chi connectivity index (χ1) is 17.5. The minimum absolute atomic E-state index is 0.0579. The molecule has 2 heterocycles. The third kappa shape index (κ3) is 7.17. The van der Waals surface area contributed by atoms with Gasteiger partial charge in [0, 0.05) is 57.1 Å². The molecule has 0 saturated carbocycles. The third-order valence-corrected chi connectivity index (χ3v) is 7.49. The van der Waals surface area contributed by atoms with Crippen LogP contribution >= 0.6 is 0 Å². The molecule has 1 fully saturated rings. The van der Waals surface area contributed by atoms with Gasteiger partial charge in [-0.15, -0.1) is 0 Å². The van der Waals surface area contributed by atoms with Crippen LogP contribution < -0.4 is 10.2 Å². The van der Waals surface area contributed by atoms with Crippen molar-refractivity contribution in [1.82, 2.24) is 10.2 Å². The summed E-state index contributed by atoms with van der Waals surface area (Å²) >= 11 is 0. The molecule has 1 saturated heterocycles. The van der Waals surface area contributed by atoms with Crippen molar-refractivity contribution in [1.29, 1.82) is 0 Å². The predicted molar refractivity (Wildman–Crippen MR) is 144 cm³/mol. The van der Waals surface area contributed by atoms with Gasteiger partial charge in [-0.25, -0.2) is 0 Å². The van der Waals surface area contributed by atoms with Crippen LogP contribution in [0, 0.1) is 6.92 Å². The standard InChI is InChI=1S/C30H41N3O3/c1-23-8-10-25(11-9-23)21-31-30(35)26-12-13-29-27(20-26)22-32(28-14-18-36-19-15-28)16-6-4-3-5-7-17-33(29)24(2)34/h8-13,20,28H,3-7,14-19,21-22H2,1-2H3,(H,31,35). The normalized spacial score (nSPS) is 18.6. The molecular weight excluding hydrogens is 450 g/mol. The smallest absolute Gasteiger partial charge is 0.251 e. The lowest BCUT2D eigenvalue weighted by Crippen LogP contribution is -2.40. The molecule has 2 aliphatic heterocycles. The summed E-state index contributed by atoms with van der Waals surface area (Å²) in [6.07, 6.45) is 7.80. The van der Waals surface area contributed by atoms with E-state index in [1.807, 2.05) is 35.2 Å². The van der Waals surface area contributed by atoms with E-state index in [0.717, 1.165) is 75.3 Å². The molecule has 6 nitrogen and oxygen atoms in total. The van der Waals surface area contributed by atoms with E-state index in [-0.39, 0.29) is 11.8 Å². The molecular formula is C30H41N3O3. The molecule has 0 spiro atoms. The molecule has 194 valence electrons. The molecule has 0 aromatic heterocycles. The average Bonchev–Trinajstić information content (AvgIpc) is 2.88. The summed E-state index contributed by atoms with van der Waals surface area (Å²) < 4.78 is 5.63. The van der Waals surface area contributed by atoms with E-state index in [1.165, 1.54) is 24.8 Å². The highest BCUT2D eigenvalue weighted by molar-refractivity contribution is 5.97. The molecule has 2 aromatic rings. The van der Waals surface area contributed by atoms with Crippen molar-refractivity contribution in [3.8, 4) is 0 Å². The van der Waals surface area contributed by atoms with Crippen LogP contribution in [-0.2, 0) is 22.6 Å². The van der Waals surface area contributed by atoms with Gasteiger partial charge in [-0.2, -0.15) is 0 Å². The molecule has 0 radical (unpaired) electrons. The molecule has 2 aliphatic rings. The minimum atomic E-state index is -0.0866. The van der Waals surface area contributed by atoms with E-state index in [4.69, 9.17) is 4.74 Å². The zero-order chi connectivity index (χ0) is 25.3. The van der Waals surface area contributed by atoms with Crippen LogP contribution in [0.4, 0.5) is 5.69 Å². The first kappa shape index (κ1) is 26.4. The molecule has 0 bridgehead atoms. The van der Waals surface area contributed by atoms with Crippen LogP contribution in [0.5, 0.6) is 0 Å². The number of rotatable bonds is 4. The second kappa shape index (κ2) is 13.0. The molecule has 0 atom stereocenters. The lowest BCUT2D eigenvalue weighted by molar-refractivity contribution is -0.116. The Bertz CT molecular complexity index is 1010. The van der Waals surface area contributed by atoms with Crippen LogP contribution in [0.3, 0.4) is 0 Å². The topological polar surface area (TPSA) is 61.9 Å². The fraction of sp³-hybridized carbons (Fsp3) is 0.533. The summed E-state index contributed by atoms with van der Waals surface area (Å²) in [5, 5.41) is 3.07. The monoisotopic (exact) mass is 491 g/mol. The Morgan fingerprint density at radius 3 is 2.36 bits per heavy atom. The van der Waals surface area contributed by atoms with Gasteiger partial charge in [-0.05, 0) is 68.5 Å². The molecule has 4 rings (SSSR count). The molecule has 36 heavy (non-hydrogen) atoms. The van der Waals surface area contributed by atoms with Crippen LogP contribution in [-0.4, -0.2) is 49.1 Å². The zero-order valence-electron chi connectivity index (χ0n) is 21.9. The molecule has 0 unspecified atom stereocenters. The number of anilines is 1. The van der Waals surface area contributed by atoms with E-state index >= 15 is 0 Å². The van der Waals surface area contributed by atoms with Gasteiger partial charge in [0.1, 0.15) is 0 Å². The van der Waals surface area contributed by atoms with E-state index in [1.54, 1.807) is 6.92 Å². The molecule has 2 aromatic carbocycles. The van der Waals surface area contributed by atoms with Crippen molar-refractivity contribution in [3.63, 3.8) is 0 Å². The second-order valence-electron chi connectivity index (χ2n) is 10.3. The first-order valence-corrected chi connectivity index (χ1v) is 13.6. The third-order valence-electron chi connectivity index (χ3n) is 7.49. The van der Waals surface area contributed by atoms with E-state index in [9.17, 15) is 9.59 Å². The van der Waals surface area contributed by atoms with Crippen molar-refractivity contribution in [3.05, 3.63) is 64.7 Å². The number of aryl methyl sites for hydroxylation is 1. The van der Waals surface area contributed by atoms with Crippen LogP contribution in [0.2, 0.25) is 0 Å². The highest BCUT2D eigenvalue weighted by Gasteiger charge is 2.25. The zero-order valence-corrected chi connectivity index (χ0v) is 21.9. The van der Waals surface area contributed by atoms with E-state index in [2.05, 4.69) is 29.3 Å². The van der Waals surface area contributed by atoms with Crippen LogP contribution in [0.1, 0.15) is 78.9 Å². The Kier molecular flexibility index (Phi) is 9.54. The van der Waals surface area contributed by atoms with Crippen molar-refractivity contribution < 1.29 is 14.3 Å². The second-order valence-corrected chi connectivity index (χ2v) is 10.3. The number of nitrogens with one attached hydrogen (secondary N) is 1. The summed E-state index contributed by atoms with van der Waals surface area (Å²) in [4.78, 5) is 30.3. The number of hydrogen-bond acceptors (Lipinski definition) is 4. The Hall–Kier alpha value is -2.70. The van der Waals surface area contributed by atoms with Crippen LogP contribution in [0.25, 0.3) is 0 Å². The Morgan fingerprint density at radius 1 is 0.944 bits per heavy atom. The molecule has 0 aliphatic carbocycles. The Morgan fingerprint density at radius 2 is 1.64 bits per heavy atom. The number of benzene rings is 2. The summed E-state index contributed by atoms with van der Waals surface area (Å²) in [5.41, 5.74) is 4.92. The van der Waals surface area contributed by atoms with Gasteiger partial charge in [-0.3, -0.25) is 14.5 Å². The van der Waals surface area contributed by atoms with Gasteiger partial charge in [0.25, 0.3) is 5.91 Å². The minimum Gasteiger partial charge on any atom is -0.381 e.